The molecule has 3 nitrogen and oxygen atoms in total. The number of rotatable bonds is 10. The van der Waals surface area contributed by atoms with Crippen molar-refractivity contribution in [3.05, 3.63) is 0 Å². The number of alkyl halides is 13. The van der Waals surface area contributed by atoms with Crippen molar-refractivity contribution in [2.24, 2.45) is 0 Å². The molecule has 0 bridgehead atoms. The summed E-state index contributed by atoms with van der Waals surface area (Å²) < 4.78 is 184. The van der Waals surface area contributed by atoms with Gasteiger partial charge in [0.1, 0.15) is 0 Å². The Labute approximate surface area is 188 Å². The van der Waals surface area contributed by atoms with E-state index in [9.17, 15) is 57.1 Å². The summed E-state index contributed by atoms with van der Waals surface area (Å²) in [5.41, 5.74) is -6.40. The third-order valence-corrected chi connectivity index (χ3v) is 7.75. The summed E-state index contributed by atoms with van der Waals surface area (Å²) in [6.07, 6.45) is -2.39. The van der Waals surface area contributed by atoms with Gasteiger partial charge in [0, 0.05) is 34.2 Å². The molecule has 0 aliphatic heterocycles. The van der Waals surface area contributed by atoms with Crippen molar-refractivity contribution in [1.29, 1.82) is 0 Å². The van der Waals surface area contributed by atoms with Gasteiger partial charge in [0.15, 0.2) is 0 Å². The Bertz CT molecular complexity index is 599. The molecule has 34 heavy (non-hydrogen) atoms. The van der Waals surface area contributed by atoms with E-state index >= 15 is 0 Å². The molecule has 17 heteroatoms. The fourth-order valence-corrected chi connectivity index (χ4v) is 4.78. The zero-order valence-corrected chi connectivity index (χ0v) is 19.3. The average molecular weight is 552 g/mol. The molecule has 0 radical (unpaired) electrons. The largest absolute Gasteiger partial charge is 0.581 e. The van der Waals surface area contributed by atoms with Crippen molar-refractivity contribution in [3.63, 3.8) is 0 Å². The van der Waals surface area contributed by atoms with Crippen LogP contribution in [0.2, 0.25) is 0 Å². The minimum Gasteiger partial charge on any atom is -0.373 e. The third-order valence-electron chi connectivity index (χ3n) is 5.06. The topological polar surface area (TPSA) is 27.7 Å². The van der Waals surface area contributed by atoms with Crippen molar-refractivity contribution < 1.29 is 70.4 Å². The number of halogens is 13. The van der Waals surface area contributed by atoms with E-state index in [1.165, 1.54) is 38.5 Å². The van der Waals surface area contributed by atoms with Crippen molar-refractivity contribution in [1.82, 2.24) is 0 Å². The normalized spacial score (nSPS) is 17.3. The fourth-order valence-electron chi connectivity index (χ4n) is 2.97. The Morgan fingerprint density at radius 2 is 0.824 bits per heavy atom. The minimum atomic E-state index is -7.55. The maximum Gasteiger partial charge on any atom is 0.581 e. The monoisotopic (exact) mass is 552 g/mol. The predicted octanol–water partition coefficient (Wildman–Crippen LogP) is 7.26. The molecule has 0 amide bonds. The summed E-state index contributed by atoms with van der Waals surface area (Å²) in [6.45, 7) is 0. The minimum absolute atomic E-state index is 0.206. The first kappa shape index (κ1) is 33.2. The number of hydrogen-bond donors (Lipinski definition) is 0. The molecule has 0 heterocycles. The van der Waals surface area contributed by atoms with E-state index in [0.29, 0.717) is 0 Å². The van der Waals surface area contributed by atoms with Crippen LogP contribution >= 0.6 is 0 Å². The van der Waals surface area contributed by atoms with Gasteiger partial charge >= 0.3 is 44.2 Å². The Morgan fingerprint density at radius 3 is 1.09 bits per heavy atom. The summed E-state index contributed by atoms with van der Waals surface area (Å²) in [5.74, 6) is -28.6. The molecule has 1 aliphatic carbocycles. The van der Waals surface area contributed by atoms with Gasteiger partial charge in [0.05, 0.1) is 0 Å². The molecular weight excluding hydrogens is 527 g/mol. The average Bonchev–Trinajstić information content (AvgIpc) is 2.74. The van der Waals surface area contributed by atoms with Crippen LogP contribution in [0.15, 0.2) is 0 Å². The van der Waals surface area contributed by atoms with Crippen LogP contribution in [-0.2, 0) is 13.3 Å². The van der Waals surface area contributed by atoms with E-state index in [2.05, 4.69) is 13.3 Å². The van der Waals surface area contributed by atoms with Crippen LogP contribution in [0.4, 0.5) is 57.1 Å². The Hall–Kier alpha value is -0.813. The highest BCUT2D eigenvalue weighted by atomic mass is 28.4. The molecule has 0 aromatic carbocycles. The van der Waals surface area contributed by atoms with Gasteiger partial charge in [-0.05, 0) is 0 Å². The van der Waals surface area contributed by atoms with Gasteiger partial charge in [-0.2, -0.15) is 57.1 Å². The molecule has 0 N–H and O–H groups in total. The molecule has 0 atom stereocenters. The van der Waals surface area contributed by atoms with Crippen molar-refractivity contribution in [3.8, 4) is 0 Å². The Kier molecular flexibility index (Phi) is 11.2. The lowest BCUT2D eigenvalue weighted by Gasteiger charge is -2.42. The SMILES string of the molecule is C1CCCCC1.CO[Si](OC)(OC)C(F)(F)C(F)(F)C(F)(F)C(F)(F)C(F)(F)CCC(F)(F)F. The van der Waals surface area contributed by atoms with Crippen LogP contribution in [-0.4, -0.2) is 65.5 Å². The van der Waals surface area contributed by atoms with E-state index in [1.807, 2.05) is 0 Å². The standard InChI is InChI=1S/C11H13F13O3Si.C6H12/c1-25-28(26-2,27-3)11(23,24)10(21,22)9(19,20)8(17,18)6(12,13)4-5-7(14,15)16;1-2-4-6-5-3-1/h4-5H2,1-3H3;1-6H2. The van der Waals surface area contributed by atoms with Crippen LogP contribution in [0.25, 0.3) is 0 Å². The van der Waals surface area contributed by atoms with Crippen molar-refractivity contribution in [2.75, 3.05) is 21.3 Å². The molecule has 1 fully saturated rings. The number of hydrogen-bond acceptors (Lipinski definition) is 3. The van der Waals surface area contributed by atoms with Crippen LogP contribution in [0.1, 0.15) is 51.4 Å². The Morgan fingerprint density at radius 1 is 0.500 bits per heavy atom. The van der Waals surface area contributed by atoms with E-state index in [1.54, 1.807) is 0 Å². The first-order valence-electron chi connectivity index (χ1n) is 9.75. The molecule has 1 rings (SSSR count). The quantitative estimate of drug-likeness (QED) is 0.211. The molecule has 206 valence electrons. The molecule has 0 spiro atoms. The van der Waals surface area contributed by atoms with Crippen LogP contribution in [0.5, 0.6) is 0 Å². The first-order chi connectivity index (χ1) is 15.1. The van der Waals surface area contributed by atoms with Gasteiger partial charge in [0.25, 0.3) is 0 Å². The highest BCUT2D eigenvalue weighted by Crippen LogP contribution is 2.59. The molecule has 1 aliphatic rings. The van der Waals surface area contributed by atoms with Crippen LogP contribution < -0.4 is 0 Å². The molecule has 0 aromatic rings. The molecule has 0 aromatic heterocycles. The van der Waals surface area contributed by atoms with Crippen molar-refractivity contribution >= 4 is 8.80 Å². The van der Waals surface area contributed by atoms with E-state index in [-0.39, 0.29) is 21.3 Å². The summed E-state index contributed by atoms with van der Waals surface area (Å²) in [6, 6.07) is 0. The summed E-state index contributed by atoms with van der Waals surface area (Å²) in [5, 5.41) is 0. The van der Waals surface area contributed by atoms with Crippen molar-refractivity contribution in [2.45, 2.75) is 86.8 Å². The first-order valence-corrected chi connectivity index (χ1v) is 11.5. The predicted molar refractivity (Wildman–Crippen MR) is 94.5 cm³/mol. The maximum absolute atomic E-state index is 14.0. The lowest BCUT2D eigenvalue weighted by Crippen LogP contribution is -2.75. The lowest BCUT2D eigenvalue weighted by atomic mass is 9.95. The highest BCUT2D eigenvalue weighted by molar-refractivity contribution is 6.63. The van der Waals surface area contributed by atoms with Gasteiger partial charge in [-0.1, -0.05) is 38.5 Å². The second-order valence-electron chi connectivity index (χ2n) is 7.41. The molecular formula is C17H25F13O3Si. The summed E-state index contributed by atoms with van der Waals surface area (Å²) in [7, 11) is -5.58. The van der Waals surface area contributed by atoms with Crippen LogP contribution in [0.3, 0.4) is 0 Å². The van der Waals surface area contributed by atoms with E-state index < -0.39 is 57.1 Å². The molecule has 1 saturated carbocycles. The van der Waals surface area contributed by atoms with Gasteiger partial charge in [-0.25, -0.2) is 0 Å². The fraction of sp³-hybridized carbons (Fsp3) is 1.00. The zero-order chi connectivity index (χ0) is 27.3. The summed E-state index contributed by atoms with van der Waals surface area (Å²) in [4.78, 5) is 0. The van der Waals surface area contributed by atoms with E-state index in [4.69, 9.17) is 0 Å². The van der Waals surface area contributed by atoms with Gasteiger partial charge in [-0.15, -0.1) is 0 Å². The zero-order valence-electron chi connectivity index (χ0n) is 18.3. The van der Waals surface area contributed by atoms with Crippen LogP contribution in [0, 0.1) is 0 Å². The second-order valence-corrected chi connectivity index (χ2v) is 10.4. The van der Waals surface area contributed by atoms with Gasteiger partial charge in [0.2, 0.25) is 0 Å². The highest BCUT2D eigenvalue weighted by Gasteiger charge is 2.91. The summed E-state index contributed by atoms with van der Waals surface area (Å²) >= 11 is 0. The molecule has 0 saturated heterocycles. The van der Waals surface area contributed by atoms with E-state index in [0.717, 1.165) is 0 Å². The maximum atomic E-state index is 14.0. The lowest BCUT2D eigenvalue weighted by molar-refractivity contribution is -0.397. The Balaban J connectivity index is 0.00000156. The third kappa shape index (κ3) is 6.49. The second kappa shape index (κ2) is 11.5. The van der Waals surface area contributed by atoms with Gasteiger partial charge in [-0.3, -0.25) is 0 Å². The molecule has 0 unspecified atom stereocenters. The smallest absolute Gasteiger partial charge is 0.373 e. The van der Waals surface area contributed by atoms with Gasteiger partial charge < -0.3 is 13.3 Å².